The summed E-state index contributed by atoms with van der Waals surface area (Å²) >= 11 is 0. The second kappa shape index (κ2) is 6.49. The van der Waals surface area contributed by atoms with Crippen molar-refractivity contribution >= 4 is 32.3 Å². The second-order valence-corrected chi connectivity index (χ2v) is 9.35. The molecular weight excluding hydrogens is 380 g/mol. The van der Waals surface area contributed by atoms with Crippen LogP contribution < -0.4 is 4.90 Å². The quantitative estimate of drug-likeness (QED) is 0.474. The van der Waals surface area contributed by atoms with Gasteiger partial charge in [0.15, 0.2) is 0 Å². The van der Waals surface area contributed by atoms with Gasteiger partial charge in [-0.3, -0.25) is 0 Å². The SMILES string of the molecule is Cc1ccc(S(=O)(=O)n2c(C)c(N3CCc4ccccc43)c3ccccc32)cc1. The molecule has 0 atom stereocenters. The maximum absolute atomic E-state index is 13.6. The lowest BCUT2D eigenvalue weighted by Gasteiger charge is -2.20. The van der Waals surface area contributed by atoms with Gasteiger partial charge in [-0.1, -0.05) is 54.1 Å². The van der Waals surface area contributed by atoms with Crippen LogP contribution in [0, 0.1) is 13.8 Å². The third-order valence-electron chi connectivity index (χ3n) is 5.74. The first-order chi connectivity index (χ1) is 14.0. The normalized spacial score (nSPS) is 13.8. The van der Waals surface area contributed by atoms with Crippen molar-refractivity contribution in [1.29, 1.82) is 0 Å². The van der Waals surface area contributed by atoms with E-state index in [0.717, 1.165) is 41.0 Å². The zero-order valence-corrected chi connectivity index (χ0v) is 17.3. The Balaban J connectivity index is 1.77. The van der Waals surface area contributed by atoms with Gasteiger partial charge < -0.3 is 4.90 Å². The highest BCUT2D eigenvalue weighted by Gasteiger charge is 2.30. The van der Waals surface area contributed by atoms with Crippen LogP contribution in [0.25, 0.3) is 10.9 Å². The topological polar surface area (TPSA) is 42.3 Å². The van der Waals surface area contributed by atoms with E-state index in [0.29, 0.717) is 10.4 Å². The van der Waals surface area contributed by atoms with Crippen molar-refractivity contribution in [1.82, 2.24) is 3.97 Å². The Kier molecular flexibility index (Phi) is 4.03. The average Bonchev–Trinajstić information content (AvgIpc) is 3.26. The van der Waals surface area contributed by atoms with E-state index in [4.69, 9.17) is 0 Å². The molecule has 0 N–H and O–H groups in total. The Morgan fingerprint density at radius 2 is 1.52 bits per heavy atom. The summed E-state index contributed by atoms with van der Waals surface area (Å²) in [5.74, 6) is 0. The molecule has 4 aromatic rings. The largest absolute Gasteiger partial charge is 0.339 e. The smallest absolute Gasteiger partial charge is 0.268 e. The average molecular weight is 403 g/mol. The fourth-order valence-corrected chi connectivity index (χ4v) is 5.92. The fraction of sp³-hybridized carbons (Fsp3) is 0.167. The molecule has 1 aliphatic rings. The molecule has 29 heavy (non-hydrogen) atoms. The van der Waals surface area contributed by atoms with Crippen LogP contribution in [0.5, 0.6) is 0 Å². The van der Waals surface area contributed by atoms with Crippen LogP contribution in [0.4, 0.5) is 11.4 Å². The van der Waals surface area contributed by atoms with Gasteiger partial charge in [0.25, 0.3) is 10.0 Å². The van der Waals surface area contributed by atoms with Gasteiger partial charge in [0.2, 0.25) is 0 Å². The number of aryl methyl sites for hydroxylation is 1. The van der Waals surface area contributed by atoms with Crippen LogP contribution in [0.15, 0.2) is 77.7 Å². The predicted molar refractivity (Wildman–Crippen MR) is 118 cm³/mol. The summed E-state index contributed by atoms with van der Waals surface area (Å²) in [5, 5.41) is 0.956. The van der Waals surface area contributed by atoms with E-state index in [1.54, 1.807) is 12.1 Å². The molecule has 3 aromatic carbocycles. The van der Waals surface area contributed by atoms with E-state index in [1.165, 1.54) is 9.54 Å². The molecule has 2 heterocycles. The standard InChI is InChI=1S/C24H22N2O2S/c1-17-11-13-20(14-12-17)29(27,28)26-18(2)24(21-8-4-6-10-23(21)26)25-16-15-19-7-3-5-9-22(19)25/h3-14H,15-16H2,1-2H3. The number of anilines is 2. The molecule has 146 valence electrons. The van der Waals surface area contributed by atoms with Crippen LogP contribution in [0.2, 0.25) is 0 Å². The van der Waals surface area contributed by atoms with Crippen LogP contribution in [-0.2, 0) is 16.4 Å². The molecule has 0 bridgehead atoms. The monoisotopic (exact) mass is 402 g/mol. The lowest BCUT2D eigenvalue weighted by molar-refractivity contribution is 0.588. The maximum atomic E-state index is 13.6. The number of rotatable bonds is 3. The summed E-state index contributed by atoms with van der Waals surface area (Å²) in [4.78, 5) is 2.56. The van der Waals surface area contributed by atoms with Crippen LogP contribution in [0.1, 0.15) is 16.8 Å². The third kappa shape index (κ3) is 2.69. The molecule has 0 amide bonds. The minimum Gasteiger partial charge on any atom is -0.339 e. The van der Waals surface area contributed by atoms with Crippen LogP contribution in [0.3, 0.4) is 0 Å². The van der Waals surface area contributed by atoms with E-state index in [1.807, 2.05) is 56.3 Å². The first kappa shape index (κ1) is 18.0. The first-order valence-corrected chi connectivity index (χ1v) is 11.2. The number of aromatic nitrogens is 1. The predicted octanol–water partition coefficient (Wildman–Crippen LogP) is 5.19. The molecule has 0 unspecified atom stereocenters. The summed E-state index contributed by atoms with van der Waals surface area (Å²) in [7, 11) is -3.71. The van der Waals surface area contributed by atoms with E-state index in [2.05, 4.69) is 23.1 Å². The lowest BCUT2D eigenvalue weighted by atomic mass is 10.1. The van der Waals surface area contributed by atoms with E-state index in [9.17, 15) is 8.42 Å². The van der Waals surface area contributed by atoms with Gasteiger partial charge in [0, 0.05) is 17.6 Å². The van der Waals surface area contributed by atoms with Gasteiger partial charge >= 0.3 is 0 Å². The highest BCUT2D eigenvalue weighted by Crippen LogP contribution is 2.42. The minimum absolute atomic E-state index is 0.306. The van der Waals surface area contributed by atoms with E-state index < -0.39 is 10.0 Å². The highest BCUT2D eigenvalue weighted by atomic mass is 32.2. The molecule has 0 saturated heterocycles. The summed E-state index contributed by atoms with van der Waals surface area (Å²) in [6, 6.07) is 23.2. The number of para-hydroxylation sites is 2. The van der Waals surface area contributed by atoms with Gasteiger partial charge in [0.1, 0.15) is 0 Å². The van der Waals surface area contributed by atoms with Crippen molar-refractivity contribution in [3.8, 4) is 0 Å². The van der Waals surface area contributed by atoms with Crippen LogP contribution >= 0.6 is 0 Å². The molecule has 0 aliphatic carbocycles. The summed E-state index contributed by atoms with van der Waals surface area (Å²) in [6.45, 7) is 4.70. The third-order valence-corrected chi connectivity index (χ3v) is 7.56. The van der Waals surface area contributed by atoms with Gasteiger partial charge in [-0.15, -0.1) is 0 Å². The Bertz CT molecular complexity index is 1340. The Hall–Kier alpha value is -3.05. The number of hydrogen-bond acceptors (Lipinski definition) is 3. The molecular formula is C24H22N2O2S. The number of nitrogens with zero attached hydrogens (tertiary/aromatic N) is 2. The van der Waals surface area contributed by atoms with Crippen molar-refractivity contribution < 1.29 is 8.42 Å². The second-order valence-electron chi connectivity index (χ2n) is 7.56. The van der Waals surface area contributed by atoms with Crippen molar-refractivity contribution in [3.05, 3.63) is 89.6 Å². The Labute approximate surface area is 171 Å². The molecule has 0 spiro atoms. The molecule has 5 heteroatoms. The Morgan fingerprint density at radius 1 is 0.828 bits per heavy atom. The molecule has 0 fully saturated rings. The number of benzene rings is 3. The van der Waals surface area contributed by atoms with E-state index >= 15 is 0 Å². The molecule has 5 rings (SSSR count). The van der Waals surface area contributed by atoms with Gasteiger partial charge in [0.05, 0.1) is 21.8 Å². The summed E-state index contributed by atoms with van der Waals surface area (Å²) in [6.07, 6.45) is 0.958. The zero-order chi connectivity index (χ0) is 20.2. The van der Waals surface area contributed by atoms with E-state index in [-0.39, 0.29) is 0 Å². The summed E-state index contributed by atoms with van der Waals surface area (Å²) < 4.78 is 28.7. The molecule has 1 aliphatic heterocycles. The number of fused-ring (bicyclic) bond motifs is 2. The van der Waals surface area contributed by atoms with Crippen molar-refractivity contribution in [2.45, 2.75) is 25.2 Å². The van der Waals surface area contributed by atoms with Crippen molar-refractivity contribution in [2.75, 3.05) is 11.4 Å². The van der Waals surface area contributed by atoms with Gasteiger partial charge in [-0.05, 0) is 50.1 Å². The molecule has 4 nitrogen and oxygen atoms in total. The molecule has 1 aromatic heterocycles. The molecule has 0 saturated carbocycles. The van der Waals surface area contributed by atoms with Crippen molar-refractivity contribution in [2.24, 2.45) is 0 Å². The van der Waals surface area contributed by atoms with Gasteiger partial charge in [-0.2, -0.15) is 0 Å². The first-order valence-electron chi connectivity index (χ1n) is 9.76. The number of hydrogen-bond donors (Lipinski definition) is 0. The van der Waals surface area contributed by atoms with Crippen LogP contribution in [-0.4, -0.2) is 18.9 Å². The fourth-order valence-electron chi connectivity index (χ4n) is 4.36. The van der Waals surface area contributed by atoms with Crippen molar-refractivity contribution in [3.63, 3.8) is 0 Å². The molecule has 0 radical (unpaired) electrons. The Morgan fingerprint density at radius 3 is 2.31 bits per heavy atom. The zero-order valence-electron chi connectivity index (χ0n) is 16.5. The lowest BCUT2D eigenvalue weighted by Crippen LogP contribution is -2.17. The minimum atomic E-state index is -3.71. The van der Waals surface area contributed by atoms with Gasteiger partial charge in [-0.25, -0.2) is 12.4 Å². The summed E-state index contributed by atoms with van der Waals surface area (Å²) in [5.41, 5.74) is 5.92. The highest BCUT2D eigenvalue weighted by molar-refractivity contribution is 7.90. The maximum Gasteiger partial charge on any atom is 0.268 e.